The van der Waals surface area contributed by atoms with Crippen molar-refractivity contribution >= 4 is 29.4 Å². The molecule has 0 fully saturated rings. The molecule has 0 aromatic heterocycles. The number of hydrogen-bond acceptors (Lipinski definition) is 4. The maximum absolute atomic E-state index is 14.0. The van der Waals surface area contributed by atoms with Crippen molar-refractivity contribution in [1.82, 2.24) is 0 Å². The molecule has 2 aromatic rings. The van der Waals surface area contributed by atoms with E-state index in [4.69, 9.17) is 9.84 Å². The highest BCUT2D eigenvalue weighted by molar-refractivity contribution is 6.32. The average Bonchev–Trinajstić information content (AvgIpc) is 2.98. The lowest BCUT2D eigenvalue weighted by atomic mass is 10.1. The SMILES string of the molecule is CC1=NN(c2c(F)c(F)c(F)c(F)c2F)C(=O)/C1=C/c1ccc(OCC(=O)O)cc1. The fraction of sp³-hybridized carbons (Fsp3) is 0.105. The van der Waals surface area contributed by atoms with Crippen molar-refractivity contribution in [1.29, 1.82) is 0 Å². The highest BCUT2D eigenvalue weighted by Crippen LogP contribution is 2.34. The molecule has 0 unspecified atom stereocenters. The summed E-state index contributed by atoms with van der Waals surface area (Å²) in [5.41, 5.74) is -1.22. The quantitative estimate of drug-likeness (QED) is 0.343. The van der Waals surface area contributed by atoms with Gasteiger partial charge >= 0.3 is 5.97 Å². The minimum atomic E-state index is -2.35. The number of hydrazone groups is 1. The molecule has 0 radical (unpaired) electrons. The van der Waals surface area contributed by atoms with E-state index in [1.807, 2.05) is 0 Å². The Kier molecular flexibility index (Phi) is 5.54. The van der Waals surface area contributed by atoms with Crippen LogP contribution >= 0.6 is 0 Å². The number of rotatable bonds is 5. The van der Waals surface area contributed by atoms with Crippen LogP contribution in [0.1, 0.15) is 12.5 Å². The van der Waals surface area contributed by atoms with Gasteiger partial charge in [-0.15, -0.1) is 0 Å². The number of carbonyl (C=O) groups is 2. The summed E-state index contributed by atoms with van der Waals surface area (Å²) < 4.78 is 73.2. The van der Waals surface area contributed by atoms with Crippen LogP contribution in [0.15, 0.2) is 34.9 Å². The molecule has 1 amide bonds. The average molecular weight is 426 g/mol. The van der Waals surface area contributed by atoms with Gasteiger partial charge in [0.15, 0.2) is 29.9 Å². The van der Waals surface area contributed by atoms with E-state index < -0.39 is 53.3 Å². The predicted octanol–water partition coefficient (Wildman–Crippen LogP) is 3.65. The summed E-state index contributed by atoms with van der Waals surface area (Å²) in [7, 11) is 0. The third-order valence-corrected chi connectivity index (χ3v) is 4.01. The van der Waals surface area contributed by atoms with Crippen molar-refractivity contribution < 1.29 is 41.4 Å². The molecular formula is C19H11F5N2O4. The van der Waals surface area contributed by atoms with Crippen LogP contribution in [0.5, 0.6) is 5.75 Å². The van der Waals surface area contributed by atoms with Crippen LogP contribution in [0.25, 0.3) is 6.08 Å². The number of carboxylic acid groups (broad SMARTS) is 1. The maximum Gasteiger partial charge on any atom is 0.341 e. The zero-order chi connectivity index (χ0) is 22.2. The lowest BCUT2D eigenvalue weighted by Crippen LogP contribution is -2.25. The third-order valence-electron chi connectivity index (χ3n) is 4.01. The van der Waals surface area contributed by atoms with Gasteiger partial charge in [0.1, 0.15) is 11.4 Å². The number of nitrogens with zero attached hydrogens (tertiary/aromatic N) is 2. The Morgan fingerprint density at radius 2 is 1.57 bits per heavy atom. The zero-order valence-corrected chi connectivity index (χ0v) is 15.1. The van der Waals surface area contributed by atoms with Gasteiger partial charge in [0, 0.05) is 0 Å². The Labute approximate surface area is 165 Å². The van der Waals surface area contributed by atoms with Crippen LogP contribution in [-0.4, -0.2) is 29.3 Å². The molecule has 0 atom stereocenters. The number of benzene rings is 2. The molecule has 3 rings (SSSR count). The van der Waals surface area contributed by atoms with Gasteiger partial charge in [0.25, 0.3) is 5.91 Å². The second kappa shape index (κ2) is 7.93. The highest BCUT2D eigenvalue weighted by Gasteiger charge is 2.36. The smallest absolute Gasteiger partial charge is 0.341 e. The van der Waals surface area contributed by atoms with Crippen LogP contribution in [-0.2, 0) is 9.59 Å². The third kappa shape index (κ3) is 3.73. The Bertz CT molecular complexity index is 1080. The van der Waals surface area contributed by atoms with E-state index in [1.54, 1.807) is 0 Å². The lowest BCUT2D eigenvalue weighted by molar-refractivity contribution is -0.139. The van der Waals surface area contributed by atoms with Gasteiger partial charge in [-0.25, -0.2) is 26.7 Å². The van der Waals surface area contributed by atoms with Crippen molar-refractivity contribution in [3.8, 4) is 5.75 Å². The van der Waals surface area contributed by atoms with Gasteiger partial charge in [-0.1, -0.05) is 12.1 Å². The monoisotopic (exact) mass is 426 g/mol. The molecule has 1 aliphatic rings. The van der Waals surface area contributed by atoms with Gasteiger partial charge in [-0.05, 0) is 30.7 Å². The zero-order valence-electron chi connectivity index (χ0n) is 15.1. The summed E-state index contributed by atoms with van der Waals surface area (Å²) in [6, 6.07) is 5.77. The molecule has 0 bridgehead atoms. The number of ether oxygens (including phenoxy) is 1. The first-order chi connectivity index (χ1) is 14.1. The van der Waals surface area contributed by atoms with Crippen molar-refractivity contribution in [2.45, 2.75) is 6.92 Å². The number of amides is 1. The second-order valence-corrected chi connectivity index (χ2v) is 6.03. The van der Waals surface area contributed by atoms with Crippen LogP contribution in [0.3, 0.4) is 0 Å². The number of hydrogen-bond donors (Lipinski definition) is 1. The van der Waals surface area contributed by atoms with E-state index in [-0.39, 0.29) is 22.0 Å². The van der Waals surface area contributed by atoms with Crippen LogP contribution in [0.4, 0.5) is 27.6 Å². The van der Waals surface area contributed by atoms with Crippen LogP contribution in [0, 0.1) is 29.1 Å². The molecule has 2 aromatic carbocycles. The molecular weight excluding hydrogens is 415 g/mol. The van der Waals surface area contributed by atoms with Crippen LogP contribution in [0.2, 0.25) is 0 Å². The maximum atomic E-state index is 14.0. The first-order valence-corrected chi connectivity index (χ1v) is 8.19. The summed E-state index contributed by atoms with van der Waals surface area (Å²) in [4.78, 5) is 23.0. The normalized spacial score (nSPS) is 15.0. The molecule has 0 spiro atoms. The molecule has 30 heavy (non-hydrogen) atoms. The van der Waals surface area contributed by atoms with E-state index in [0.717, 1.165) is 0 Å². The fourth-order valence-electron chi connectivity index (χ4n) is 2.59. The second-order valence-electron chi connectivity index (χ2n) is 6.03. The number of carboxylic acids is 1. The van der Waals surface area contributed by atoms with E-state index in [2.05, 4.69) is 5.10 Å². The van der Waals surface area contributed by atoms with E-state index in [9.17, 15) is 31.5 Å². The predicted molar refractivity (Wildman–Crippen MR) is 94.4 cm³/mol. The Morgan fingerprint density at radius 3 is 2.10 bits per heavy atom. The number of anilines is 1. The van der Waals surface area contributed by atoms with Gasteiger partial charge in [-0.3, -0.25) is 4.79 Å². The van der Waals surface area contributed by atoms with Gasteiger partial charge in [0.05, 0.1) is 11.3 Å². The molecule has 0 saturated heterocycles. The molecule has 1 heterocycles. The topological polar surface area (TPSA) is 79.2 Å². The molecule has 1 aliphatic heterocycles. The van der Waals surface area contributed by atoms with Crippen molar-refractivity contribution in [3.05, 3.63) is 64.5 Å². The van der Waals surface area contributed by atoms with Gasteiger partial charge in [-0.2, -0.15) is 10.1 Å². The van der Waals surface area contributed by atoms with Crippen molar-refractivity contribution in [2.24, 2.45) is 5.10 Å². The Hall–Kier alpha value is -3.76. The van der Waals surface area contributed by atoms with Gasteiger partial charge < -0.3 is 9.84 Å². The standard InChI is InChI=1S/C19H11F5N2O4/c1-8-11(6-9-2-4-10(5-3-9)30-7-12(27)28)19(29)26(25-8)18-16(23)14(21)13(20)15(22)17(18)24/h2-6H,7H2,1H3,(H,27,28)/b11-6+. The summed E-state index contributed by atoms with van der Waals surface area (Å²) >= 11 is 0. The summed E-state index contributed by atoms with van der Waals surface area (Å²) in [5.74, 6) is -13.1. The van der Waals surface area contributed by atoms with Crippen molar-refractivity contribution in [3.63, 3.8) is 0 Å². The largest absolute Gasteiger partial charge is 0.482 e. The van der Waals surface area contributed by atoms with Crippen LogP contribution < -0.4 is 9.75 Å². The molecule has 0 saturated carbocycles. The molecule has 11 heteroatoms. The van der Waals surface area contributed by atoms with Gasteiger partial charge in [0.2, 0.25) is 5.82 Å². The Morgan fingerprint density at radius 1 is 1.03 bits per heavy atom. The van der Waals surface area contributed by atoms with E-state index in [0.29, 0.717) is 5.56 Å². The van der Waals surface area contributed by atoms with E-state index in [1.165, 1.54) is 37.3 Å². The first-order valence-electron chi connectivity index (χ1n) is 8.19. The van der Waals surface area contributed by atoms with E-state index >= 15 is 0 Å². The molecule has 156 valence electrons. The minimum absolute atomic E-state index is 0.0184. The molecule has 0 aliphatic carbocycles. The summed E-state index contributed by atoms with van der Waals surface area (Å²) in [5, 5.41) is 12.3. The summed E-state index contributed by atoms with van der Waals surface area (Å²) in [6.07, 6.45) is 1.29. The highest BCUT2D eigenvalue weighted by atomic mass is 19.2. The Balaban J connectivity index is 1.93. The summed E-state index contributed by atoms with van der Waals surface area (Å²) in [6.45, 7) is 0.766. The minimum Gasteiger partial charge on any atom is -0.482 e. The fourth-order valence-corrected chi connectivity index (χ4v) is 2.59. The molecule has 6 nitrogen and oxygen atoms in total. The lowest BCUT2D eigenvalue weighted by Gasteiger charge is -2.15. The molecule has 1 N–H and O–H groups in total. The number of carbonyl (C=O) groups excluding carboxylic acids is 1. The first kappa shape index (κ1) is 21.0. The number of aliphatic carboxylic acids is 1. The number of halogens is 5. The van der Waals surface area contributed by atoms with Crippen molar-refractivity contribution in [2.75, 3.05) is 11.6 Å².